The number of halogens is 2. The lowest BCUT2D eigenvalue weighted by molar-refractivity contribution is -0.130. The second-order valence-electron chi connectivity index (χ2n) is 3.26. The zero-order valence-electron chi connectivity index (χ0n) is 8.59. The minimum atomic E-state index is -1.01. The van der Waals surface area contributed by atoms with Crippen LogP contribution in [0.4, 0.5) is 0 Å². The molecule has 1 N–H and O–H groups in total. The molecule has 1 amide bonds. The van der Waals surface area contributed by atoms with Crippen LogP contribution < -0.4 is 0 Å². The number of aliphatic hydroxyl groups is 1. The van der Waals surface area contributed by atoms with Gasteiger partial charge in [0.05, 0.1) is 6.61 Å². The van der Waals surface area contributed by atoms with Gasteiger partial charge in [0, 0.05) is 13.6 Å². The summed E-state index contributed by atoms with van der Waals surface area (Å²) in [6.07, 6.45) is 2.49. The highest BCUT2D eigenvalue weighted by atomic mass is 79.9. The van der Waals surface area contributed by atoms with E-state index in [9.17, 15) is 4.79 Å². The van der Waals surface area contributed by atoms with Crippen molar-refractivity contribution in [1.82, 2.24) is 4.90 Å². The molecular weight excluding hydrogens is 269 g/mol. The topological polar surface area (TPSA) is 40.5 Å². The van der Waals surface area contributed by atoms with Gasteiger partial charge in [-0.2, -0.15) is 0 Å². The number of likely N-dealkylation sites (N-methyl/N-ethyl adjacent to an activating group) is 1. The Balaban J connectivity index is 4.18. The van der Waals surface area contributed by atoms with E-state index in [4.69, 9.17) is 16.7 Å². The average Bonchev–Trinajstić information content (AvgIpc) is 2.14. The van der Waals surface area contributed by atoms with Gasteiger partial charge >= 0.3 is 0 Å². The maximum absolute atomic E-state index is 11.7. The number of hydrogen-bond acceptors (Lipinski definition) is 2. The highest BCUT2D eigenvalue weighted by molar-refractivity contribution is 9.10. The van der Waals surface area contributed by atoms with Crippen LogP contribution in [0.5, 0.6) is 0 Å². The van der Waals surface area contributed by atoms with Gasteiger partial charge in [-0.15, -0.1) is 0 Å². The summed E-state index contributed by atoms with van der Waals surface area (Å²) in [4.78, 5) is 13.1. The summed E-state index contributed by atoms with van der Waals surface area (Å²) in [5.74, 6) is -0.193. The summed E-state index contributed by atoms with van der Waals surface area (Å²) >= 11 is 9.25. The molecule has 0 aromatic carbocycles. The number of unbranched alkanes of at least 4 members (excludes halogenated alkanes) is 1. The van der Waals surface area contributed by atoms with Gasteiger partial charge in [0.2, 0.25) is 0 Å². The van der Waals surface area contributed by atoms with E-state index in [1.165, 1.54) is 4.90 Å². The predicted octanol–water partition coefficient (Wildman–Crippen LogP) is 1.96. The fraction of sp³-hybridized carbons (Fsp3) is 0.889. The lowest BCUT2D eigenvalue weighted by atomic mass is 10.2. The Labute approximate surface area is 98.5 Å². The van der Waals surface area contributed by atoms with E-state index in [1.807, 2.05) is 6.92 Å². The molecule has 0 heterocycles. The van der Waals surface area contributed by atoms with Gasteiger partial charge < -0.3 is 10.0 Å². The lowest BCUT2D eigenvalue weighted by Crippen LogP contribution is -2.40. The molecule has 84 valence electrons. The van der Waals surface area contributed by atoms with E-state index in [0.29, 0.717) is 13.0 Å². The monoisotopic (exact) mass is 285 g/mol. The van der Waals surface area contributed by atoms with Crippen LogP contribution in [0.1, 0.15) is 26.2 Å². The summed E-state index contributed by atoms with van der Waals surface area (Å²) in [6, 6.07) is 0. The first kappa shape index (κ1) is 14.2. The number of carbonyl (C=O) groups excluding carboxylic acids is 1. The summed E-state index contributed by atoms with van der Waals surface area (Å²) in [7, 11) is 1.63. The van der Waals surface area contributed by atoms with Gasteiger partial charge in [-0.1, -0.05) is 47.3 Å². The van der Waals surface area contributed by atoms with E-state index in [2.05, 4.69) is 15.9 Å². The molecule has 0 rings (SSSR count). The molecular formula is C9H17BrClNO2. The summed E-state index contributed by atoms with van der Waals surface area (Å²) < 4.78 is -1.01. The molecule has 0 spiro atoms. The van der Waals surface area contributed by atoms with Crippen molar-refractivity contribution in [3.8, 4) is 0 Å². The minimum absolute atomic E-state index is 0.0456. The van der Waals surface area contributed by atoms with Crippen LogP contribution in [0.3, 0.4) is 0 Å². The van der Waals surface area contributed by atoms with Crippen molar-refractivity contribution in [3.05, 3.63) is 0 Å². The van der Waals surface area contributed by atoms with Crippen molar-refractivity contribution in [1.29, 1.82) is 0 Å². The Morgan fingerprint density at radius 1 is 1.64 bits per heavy atom. The van der Waals surface area contributed by atoms with Crippen molar-refractivity contribution in [3.63, 3.8) is 0 Å². The van der Waals surface area contributed by atoms with Crippen molar-refractivity contribution in [2.45, 2.75) is 30.0 Å². The van der Waals surface area contributed by atoms with Crippen LogP contribution in [0.15, 0.2) is 0 Å². The van der Waals surface area contributed by atoms with E-state index < -0.39 is 3.78 Å². The molecule has 0 saturated carbocycles. The van der Waals surface area contributed by atoms with Crippen molar-refractivity contribution in [2.24, 2.45) is 0 Å². The van der Waals surface area contributed by atoms with Crippen molar-refractivity contribution in [2.75, 3.05) is 20.2 Å². The van der Waals surface area contributed by atoms with E-state index in [0.717, 1.165) is 12.8 Å². The third-order valence-corrected chi connectivity index (χ3v) is 3.03. The third-order valence-electron chi connectivity index (χ3n) is 1.94. The van der Waals surface area contributed by atoms with Crippen LogP contribution in [-0.2, 0) is 4.79 Å². The van der Waals surface area contributed by atoms with Crippen LogP contribution in [0.25, 0.3) is 0 Å². The molecule has 0 radical (unpaired) electrons. The number of carbonyl (C=O) groups is 1. The normalized spacial score (nSPS) is 14.9. The molecule has 5 heteroatoms. The fourth-order valence-electron chi connectivity index (χ4n) is 1.04. The molecule has 0 aliphatic rings. The SMILES string of the molecule is CCCCC(Cl)(Br)C(=O)N(C)CCO. The molecule has 1 unspecified atom stereocenters. The minimum Gasteiger partial charge on any atom is -0.395 e. The van der Waals surface area contributed by atoms with Crippen LogP contribution in [-0.4, -0.2) is 39.9 Å². The molecule has 3 nitrogen and oxygen atoms in total. The molecule has 0 aliphatic heterocycles. The zero-order valence-corrected chi connectivity index (χ0v) is 10.9. The van der Waals surface area contributed by atoms with Gasteiger partial charge in [0.1, 0.15) is 0 Å². The Kier molecular flexibility index (Phi) is 6.74. The highest BCUT2D eigenvalue weighted by Gasteiger charge is 2.34. The van der Waals surface area contributed by atoms with Crippen LogP contribution in [0.2, 0.25) is 0 Å². The quantitative estimate of drug-likeness (QED) is 0.758. The molecule has 0 aromatic heterocycles. The lowest BCUT2D eigenvalue weighted by Gasteiger charge is -2.25. The van der Waals surface area contributed by atoms with Crippen molar-refractivity contribution >= 4 is 33.4 Å². The second-order valence-corrected chi connectivity index (χ2v) is 5.71. The molecule has 14 heavy (non-hydrogen) atoms. The van der Waals surface area contributed by atoms with Gasteiger partial charge in [-0.3, -0.25) is 4.79 Å². The maximum Gasteiger partial charge on any atom is 0.254 e. The molecule has 0 fully saturated rings. The second kappa shape index (κ2) is 6.64. The van der Waals surface area contributed by atoms with E-state index in [-0.39, 0.29) is 12.5 Å². The van der Waals surface area contributed by atoms with Crippen molar-refractivity contribution < 1.29 is 9.90 Å². The Morgan fingerprint density at radius 3 is 2.64 bits per heavy atom. The molecule has 1 atom stereocenters. The third kappa shape index (κ3) is 4.62. The zero-order chi connectivity index (χ0) is 11.2. The average molecular weight is 287 g/mol. The van der Waals surface area contributed by atoms with Gasteiger partial charge in [-0.25, -0.2) is 0 Å². The number of aliphatic hydroxyl groups excluding tert-OH is 1. The molecule has 0 aliphatic carbocycles. The van der Waals surface area contributed by atoms with Gasteiger partial charge in [0.15, 0.2) is 3.78 Å². The van der Waals surface area contributed by atoms with Crippen LogP contribution in [0, 0.1) is 0 Å². The first-order valence-electron chi connectivity index (χ1n) is 4.70. The number of alkyl halides is 2. The number of hydrogen-bond donors (Lipinski definition) is 1. The first-order chi connectivity index (χ1) is 6.45. The number of amides is 1. The van der Waals surface area contributed by atoms with Gasteiger partial charge in [-0.05, 0) is 6.42 Å². The van der Waals surface area contributed by atoms with Gasteiger partial charge in [0.25, 0.3) is 5.91 Å². The molecule has 0 bridgehead atoms. The van der Waals surface area contributed by atoms with E-state index >= 15 is 0 Å². The Hall–Kier alpha value is 0.200. The Bertz CT molecular complexity index is 188. The standard InChI is InChI=1S/C9H17BrClNO2/c1-3-4-5-9(10,11)8(14)12(2)6-7-13/h13H,3-7H2,1-2H3. The number of rotatable bonds is 6. The predicted molar refractivity (Wildman–Crippen MR) is 61.8 cm³/mol. The Morgan fingerprint density at radius 2 is 2.21 bits per heavy atom. The largest absolute Gasteiger partial charge is 0.395 e. The fourth-order valence-corrected chi connectivity index (χ4v) is 1.90. The molecule has 0 aromatic rings. The number of nitrogens with zero attached hydrogens (tertiary/aromatic N) is 1. The first-order valence-corrected chi connectivity index (χ1v) is 5.87. The summed E-state index contributed by atoms with van der Waals surface area (Å²) in [5, 5.41) is 8.68. The summed E-state index contributed by atoms with van der Waals surface area (Å²) in [6.45, 7) is 2.31. The van der Waals surface area contributed by atoms with Crippen LogP contribution >= 0.6 is 27.5 Å². The molecule has 0 saturated heterocycles. The van der Waals surface area contributed by atoms with E-state index in [1.54, 1.807) is 7.05 Å². The smallest absolute Gasteiger partial charge is 0.254 e. The highest BCUT2D eigenvalue weighted by Crippen LogP contribution is 2.31. The maximum atomic E-state index is 11.7. The summed E-state index contributed by atoms with van der Waals surface area (Å²) in [5.41, 5.74) is 0.